The van der Waals surface area contributed by atoms with Crippen molar-refractivity contribution in [3.8, 4) is 0 Å². The molecule has 0 saturated heterocycles. The van der Waals surface area contributed by atoms with Gasteiger partial charge in [-0.25, -0.2) is 9.18 Å². The van der Waals surface area contributed by atoms with E-state index in [1.807, 2.05) is 0 Å². The Morgan fingerprint density at radius 2 is 1.24 bits per heavy atom. The predicted molar refractivity (Wildman–Crippen MR) is 134 cm³/mol. The van der Waals surface area contributed by atoms with Crippen LogP contribution in [0.3, 0.4) is 0 Å². The number of carbonyl (C=O) groups excluding carboxylic acids is 2. The third-order valence-corrected chi connectivity index (χ3v) is 6.06. The third kappa shape index (κ3) is 14.8. The van der Waals surface area contributed by atoms with Gasteiger partial charge in [0.15, 0.2) is 0 Å². The highest BCUT2D eigenvalue weighted by Gasteiger charge is 2.19. The maximum absolute atomic E-state index is 13.6. The summed E-state index contributed by atoms with van der Waals surface area (Å²) < 4.78 is 18.9. The van der Waals surface area contributed by atoms with Crippen LogP contribution < -0.4 is 5.32 Å². The Morgan fingerprint density at radius 3 is 1.73 bits per heavy atom. The molecule has 4 nitrogen and oxygen atoms in total. The fraction of sp³-hybridized carbons (Fsp3) is 0.714. The Morgan fingerprint density at radius 1 is 0.788 bits per heavy atom. The Labute approximate surface area is 201 Å². The Hall–Kier alpha value is -1.91. The van der Waals surface area contributed by atoms with Gasteiger partial charge in [-0.2, -0.15) is 0 Å². The molecule has 1 rings (SSSR count). The predicted octanol–water partition coefficient (Wildman–Crippen LogP) is 7.75. The van der Waals surface area contributed by atoms with Crippen LogP contribution in [0.4, 0.5) is 4.39 Å². The molecule has 33 heavy (non-hydrogen) atoms. The highest BCUT2D eigenvalue weighted by atomic mass is 19.1. The number of unbranched alkanes of at least 4 members (excludes halogenated alkanes) is 15. The van der Waals surface area contributed by atoms with Crippen molar-refractivity contribution >= 4 is 11.9 Å². The van der Waals surface area contributed by atoms with Crippen molar-refractivity contribution in [2.24, 2.45) is 0 Å². The van der Waals surface area contributed by atoms with E-state index >= 15 is 0 Å². The zero-order valence-electron chi connectivity index (χ0n) is 21.0. The molecule has 1 N–H and O–H groups in total. The fourth-order valence-corrected chi connectivity index (χ4v) is 3.93. The van der Waals surface area contributed by atoms with Gasteiger partial charge in [-0.05, 0) is 25.5 Å². The minimum absolute atomic E-state index is 0.0741. The van der Waals surface area contributed by atoms with E-state index in [2.05, 4.69) is 12.2 Å². The highest BCUT2D eigenvalue weighted by molar-refractivity contribution is 5.96. The Kier molecular flexibility index (Phi) is 17.3. The quantitative estimate of drug-likeness (QED) is 0.159. The summed E-state index contributed by atoms with van der Waals surface area (Å²) in [4.78, 5) is 24.1. The second kappa shape index (κ2) is 19.5. The van der Waals surface area contributed by atoms with Crippen LogP contribution in [0.25, 0.3) is 0 Å². The molecular formula is C28H46FNO3. The van der Waals surface area contributed by atoms with Crippen LogP contribution in [0.1, 0.15) is 127 Å². The number of rotatable bonds is 20. The Balaban J connectivity index is 1.90. The summed E-state index contributed by atoms with van der Waals surface area (Å²) in [7, 11) is 0. The number of hydrogen-bond donors (Lipinski definition) is 1. The molecule has 0 aliphatic carbocycles. The van der Waals surface area contributed by atoms with Crippen molar-refractivity contribution in [2.45, 2.75) is 123 Å². The lowest BCUT2D eigenvalue weighted by Crippen LogP contribution is -2.40. The lowest BCUT2D eigenvalue weighted by Gasteiger charge is -2.13. The molecule has 1 aromatic rings. The van der Waals surface area contributed by atoms with Gasteiger partial charge >= 0.3 is 5.97 Å². The number of benzene rings is 1. The largest absolute Gasteiger partial charge is 0.464 e. The number of esters is 1. The normalized spacial score (nSPS) is 11.8. The summed E-state index contributed by atoms with van der Waals surface area (Å²) in [5, 5.41) is 2.49. The van der Waals surface area contributed by atoms with Crippen LogP contribution >= 0.6 is 0 Å². The van der Waals surface area contributed by atoms with Crippen molar-refractivity contribution in [1.29, 1.82) is 0 Å². The summed E-state index contributed by atoms with van der Waals surface area (Å²) in [6, 6.07) is 4.90. The van der Waals surface area contributed by atoms with Crippen LogP contribution in [0, 0.1) is 5.82 Å². The molecule has 0 unspecified atom stereocenters. The monoisotopic (exact) mass is 463 g/mol. The summed E-state index contributed by atoms with van der Waals surface area (Å²) in [6.45, 7) is 4.17. The molecule has 1 aromatic carbocycles. The molecule has 0 bridgehead atoms. The summed E-state index contributed by atoms with van der Waals surface area (Å²) in [6.07, 6.45) is 20.8. The molecule has 0 saturated carbocycles. The number of carbonyl (C=O) groups is 2. The minimum Gasteiger partial charge on any atom is -0.464 e. The zero-order valence-corrected chi connectivity index (χ0v) is 21.0. The third-order valence-electron chi connectivity index (χ3n) is 6.06. The van der Waals surface area contributed by atoms with Gasteiger partial charge in [0.05, 0.1) is 12.2 Å². The number of nitrogens with one attached hydrogen (secondary N) is 1. The summed E-state index contributed by atoms with van der Waals surface area (Å²) in [5.41, 5.74) is -0.0741. The van der Waals surface area contributed by atoms with E-state index in [0.29, 0.717) is 6.61 Å². The van der Waals surface area contributed by atoms with Gasteiger partial charge < -0.3 is 10.1 Å². The maximum atomic E-state index is 13.6. The van der Waals surface area contributed by atoms with Gasteiger partial charge in [-0.15, -0.1) is 0 Å². The fourth-order valence-electron chi connectivity index (χ4n) is 3.93. The van der Waals surface area contributed by atoms with Crippen molar-refractivity contribution in [1.82, 2.24) is 5.32 Å². The first-order chi connectivity index (χ1) is 16.1. The molecule has 5 heteroatoms. The molecule has 0 aliphatic heterocycles. The number of halogens is 1. The average Bonchev–Trinajstić information content (AvgIpc) is 2.81. The maximum Gasteiger partial charge on any atom is 0.328 e. The van der Waals surface area contributed by atoms with Crippen LogP contribution in [0.15, 0.2) is 24.3 Å². The van der Waals surface area contributed by atoms with Crippen LogP contribution in [0.2, 0.25) is 0 Å². The first kappa shape index (κ1) is 29.1. The molecule has 0 spiro atoms. The molecule has 1 atom stereocenters. The molecule has 0 heterocycles. The SMILES string of the molecule is CCCCCCCCCCCCCCCCCCOC(=O)[C@H](C)NC(=O)c1ccccc1F. The standard InChI is InChI=1S/C28H46FNO3/c1-3-4-5-6-7-8-9-10-11-12-13-14-15-16-17-20-23-33-28(32)24(2)30-27(31)25-21-18-19-22-26(25)29/h18-19,21-22,24H,3-17,20,23H2,1-2H3,(H,30,31)/t24-/m0/s1. The van der Waals surface area contributed by atoms with E-state index in [4.69, 9.17) is 4.74 Å². The molecule has 188 valence electrons. The van der Waals surface area contributed by atoms with Crippen LogP contribution in [-0.4, -0.2) is 24.5 Å². The van der Waals surface area contributed by atoms with Crippen molar-refractivity contribution < 1.29 is 18.7 Å². The van der Waals surface area contributed by atoms with Gasteiger partial charge in [0.1, 0.15) is 11.9 Å². The van der Waals surface area contributed by atoms with E-state index in [-0.39, 0.29) is 5.56 Å². The molecular weight excluding hydrogens is 417 g/mol. The molecule has 0 aromatic heterocycles. The second-order valence-corrected chi connectivity index (χ2v) is 9.15. The van der Waals surface area contributed by atoms with Crippen molar-refractivity contribution in [3.05, 3.63) is 35.6 Å². The van der Waals surface area contributed by atoms with E-state index in [0.717, 1.165) is 19.3 Å². The number of hydrogen-bond acceptors (Lipinski definition) is 3. The van der Waals surface area contributed by atoms with E-state index < -0.39 is 23.7 Å². The summed E-state index contributed by atoms with van der Waals surface area (Å²) in [5.74, 6) is -1.70. The van der Waals surface area contributed by atoms with Gasteiger partial charge in [-0.3, -0.25) is 4.79 Å². The van der Waals surface area contributed by atoms with E-state index in [9.17, 15) is 14.0 Å². The topological polar surface area (TPSA) is 55.4 Å². The van der Waals surface area contributed by atoms with Crippen molar-refractivity contribution in [2.75, 3.05) is 6.61 Å². The minimum atomic E-state index is -0.807. The molecule has 0 fully saturated rings. The first-order valence-corrected chi connectivity index (χ1v) is 13.3. The highest BCUT2D eigenvalue weighted by Crippen LogP contribution is 2.14. The van der Waals surface area contributed by atoms with Crippen LogP contribution in [-0.2, 0) is 9.53 Å². The van der Waals surface area contributed by atoms with Crippen molar-refractivity contribution in [3.63, 3.8) is 0 Å². The number of ether oxygens (including phenoxy) is 1. The van der Waals surface area contributed by atoms with Gasteiger partial charge in [0.25, 0.3) is 5.91 Å². The molecule has 0 radical (unpaired) electrons. The second-order valence-electron chi connectivity index (χ2n) is 9.15. The van der Waals surface area contributed by atoms with Gasteiger partial charge in [0, 0.05) is 0 Å². The first-order valence-electron chi connectivity index (χ1n) is 13.3. The summed E-state index contributed by atoms with van der Waals surface area (Å²) >= 11 is 0. The smallest absolute Gasteiger partial charge is 0.328 e. The molecule has 0 aliphatic rings. The van der Waals surface area contributed by atoms with Gasteiger partial charge in [-0.1, -0.05) is 115 Å². The van der Waals surface area contributed by atoms with E-state index in [1.54, 1.807) is 13.0 Å². The van der Waals surface area contributed by atoms with Crippen LogP contribution in [0.5, 0.6) is 0 Å². The lowest BCUT2D eigenvalue weighted by molar-refractivity contribution is -0.145. The number of amides is 1. The lowest BCUT2D eigenvalue weighted by atomic mass is 10.0. The molecule has 1 amide bonds. The van der Waals surface area contributed by atoms with E-state index in [1.165, 1.54) is 102 Å². The average molecular weight is 464 g/mol. The Bertz CT molecular complexity index is 650. The zero-order chi connectivity index (χ0) is 24.2. The van der Waals surface area contributed by atoms with Gasteiger partial charge in [0.2, 0.25) is 0 Å².